The Labute approximate surface area is 209 Å². The van der Waals surface area contributed by atoms with E-state index in [0.717, 1.165) is 0 Å². The Kier molecular flexibility index (Phi) is 10.4. The molecule has 0 amide bonds. The largest absolute Gasteiger partial charge is 0.454 e. The highest BCUT2D eigenvalue weighted by molar-refractivity contribution is 7.45. The predicted molar refractivity (Wildman–Crippen MR) is 131 cm³/mol. The van der Waals surface area contributed by atoms with E-state index in [-0.39, 0.29) is 32.0 Å². The minimum absolute atomic E-state index is 0.0288. The molecule has 0 bridgehead atoms. The van der Waals surface area contributed by atoms with Gasteiger partial charge < -0.3 is 32.8 Å². The Morgan fingerprint density at radius 3 is 2.69 bits per heavy atom. The van der Waals surface area contributed by atoms with E-state index in [0.29, 0.717) is 36.1 Å². The number of carbonyl (C=O) groups is 1. The molecule has 1 aromatic carbocycles. The molecule has 0 aliphatic carbocycles. The van der Waals surface area contributed by atoms with E-state index in [1.807, 2.05) is 20.8 Å². The van der Waals surface area contributed by atoms with Gasteiger partial charge in [0.05, 0.1) is 25.4 Å². The molecule has 2 aromatic rings. The summed E-state index contributed by atoms with van der Waals surface area (Å²) < 4.78 is 34.4. The van der Waals surface area contributed by atoms with E-state index < -0.39 is 26.0 Å². The number of hydrogen-bond donors (Lipinski definition) is 2. The van der Waals surface area contributed by atoms with Crippen molar-refractivity contribution in [3.05, 3.63) is 51.3 Å². The normalized spacial score (nSPS) is 21.1. The van der Waals surface area contributed by atoms with Gasteiger partial charge >= 0.3 is 14.2 Å². The molecule has 3 heterocycles. The maximum Gasteiger partial charge on any atom is 0.330 e. The number of aldehydes is 1. The number of carbonyl (C=O) groups excluding carboxylic acids is 1. The number of ether oxygens (including phenoxy) is 4. The second-order valence-corrected chi connectivity index (χ2v) is 9.62. The number of H-pyrrole nitrogens is 1. The van der Waals surface area contributed by atoms with Crippen LogP contribution in [-0.2, 0) is 18.8 Å². The summed E-state index contributed by atoms with van der Waals surface area (Å²) in [6.07, 6.45) is 2.37. The quantitative estimate of drug-likeness (QED) is 0.351. The summed E-state index contributed by atoms with van der Waals surface area (Å²) in [6, 6.07) is 6.43. The number of fused-ring (bicyclic) bond motifs is 1. The number of aromatic amines is 1. The van der Waals surface area contributed by atoms with Crippen LogP contribution in [0.5, 0.6) is 17.2 Å². The van der Waals surface area contributed by atoms with Crippen molar-refractivity contribution in [2.24, 2.45) is 5.92 Å². The van der Waals surface area contributed by atoms with E-state index in [2.05, 4.69) is 10.1 Å². The van der Waals surface area contributed by atoms with Crippen LogP contribution >= 0.6 is 8.53 Å². The van der Waals surface area contributed by atoms with Gasteiger partial charge in [0.15, 0.2) is 11.5 Å². The van der Waals surface area contributed by atoms with Gasteiger partial charge in [-0.05, 0) is 32.4 Å². The van der Waals surface area contributed by atoms with Crippen molar-refractivity contribution in [3.8, 4) is 17.2 Å². The number of rotatable bonds is 10. The zero-order chi connectivity index (χ0) is 26.1. The predicted octanol–water partition coefficient (Wildman–Crippen LogP) is 2.34. The van der Waals surface area contributed by atoms with Gasteiger partial charge in [-0.15, -0.1) is 0 Å². The van der Waals surface area contributed by atoms with Crippen molar-refractivity contribution < 1.29 is 32.8 Å². The lowest BCUT2D eigenvalue weighted by Crippen LogP contribution is -2.33. The third-order valence-electron chi connectivity index (χ3n) is 5.26. The number of methoxy groups -OCH3 is 1. The van der Waals surface area contributed by atoms with Crippen LogP contribution < -0.4 is 30.3 Å². The number of aromatic nitrogens is 2. The lowest BCUT2D eigenvalue weighted by atomic mass is 10.1. The fourth-order valence-corrected chi connectivity index (χ4v) is 4.43. The van der Waals surface area contributed by atoms with Gasteiger partial charge in [0, 0.05) is 31.4 Å². The number of nitrogens with zero attached hydrogens (tertiary/aromatic N) is 1. The van der Waals surface area contributed by atoms with Gasteiger partial charge in [-0.25, -0.2) is 9.88 Å². The van der Waals surface area contributed by atoms with Crippen LogP contribution in [0.1, 0.15) is 33.4 Å². The Bertz CT molecular complexity index is 1110. The van der Waals surface area contributed by atoms with Crippen molar-refractivity contribution in [2.45, 2.75) is 45.6 Å². The summed E-state index contributed by atoms with van der Waals surface area (Å²) >= 11 is 0. The molecule has 2 aliphatic heterocycles. The van der Waals surface area contributed by atoms with E-state index in [4.69, 9.17) is 28.0 Å². The first-order chi connectivity index (χ1) is 17.3. The van der Waals surface area contributed by atoms with Crippen LogP contribution in [0, 0.1) is 5.92 Å². The molecule has 1 fully saturated rings. The molecule has 4 unspecified atom stereocenters. The van der Waals surface area contributed by atoms with Crippen LogP contribution in [0.15, 0.2) is 40.1 Å². The van der Waals surface area contributed by atoms with E-state index in [9.17, 15) is 14.4 Å². The zero-order valence-corrected chi connectivity index (χ0v) is 21.6. The maximum atomic E-state index is 12.1. The fourth-order valence-electron chi connectivity index (χ4n) is 3.39. The first-order valence-electron chi connectivity index (χ1n) is 11.5. The molecule has 2 N–H and O–H groups in total. The zero-order valence-electron chi connectivity index (χ0n) is 20.7. The van der Waals surface area contributed by atoms with Gasteiger partial charge in [0.1, 0.15) is 18.3 Å². The molecular weight excluding hydrogens is 493 g/mol. The maximum absolute atomic E-state index is 12.1. The minimum Gasteiger partial charge on any atom is -0.454 e. The van der Waals surface area contributed by atoms with Gasteiger partial charge in [-0.2, -0.15) is 0 Å². The third kappa shape index (κ3) is 7.87. The minimum atomic E-state index is -1.63. The summed E-state index contributed by atoms with van der Waals surface area (Å²) in [5, 5.41) is 2.91. The summed E-state index contributed by atoms with van der Waals surface area (Å²) in [4.78, 5) is 36.4. The van der Waals surface area contributed by atoms with Crippen LogP contribution in [0.4, 0.5) is 0 Å². The van der Waals surface area contributed by atoms with E-state index in [1.54, 1.807) is 25.3 Å². The number of nitrogens with one attached hydrogen (secondary N) is 2. The average molecular weight is 525 g/mol. The molecule has 0 radical (unpaired) electrons. The lowest BCUT2D eigenvalue weighted by Gasteiger charge is -2.20. The molecule has 36 heavy (non-hydrogen) atoms. The molecule has 4 rings (SSSR count). The third-order valence-corrected chi connectivity index (χ3v) is 6.46. The summed E-state index contributed by atoms with van der Waals surface area (Å²) in [6.45, 7) is 6.37. The fraction of sp³-hybridized carbons (Fsp3) is 0.522. The van der Waals surface area contributed by atoms with Crippen molar-refractivity contribution in [3.63, 3.8) is 0 Å². The Balaban J connectivity index is 0.000000658. The Hall–Kier alpha value is -2.76. The highest BCUT2D eigenvalue weighted by atomic mass is 31.2. The topological polar surface area (TPSA) is 139 Å². The first-order valence-corrected chi connectivity index (χ1v) is 12.7. The molecule has 1 aromatic heterocycles. The smallest absolute Gasteiger partial charge is 0.330 e. The monoisotopic (exact) mass is 525 g/mol. The second-order valence-electron chi connectivity index (χ2n) is 8.35. The molecule has 0 saturated carbocycles. The van der Waals surface area contributed by atoms with Crippen LogP contribution in [0.2, 0.25) is 0 Å². The molecule has 198 valence electrons. The SMILES string of the molecule is CC1CC(COP(NCC=O)Oc2ccc3c(c2)OCO3)OC1n1ccc(=O)[nH]c1=O.COC(C)C. The number of benzene rings is 1. The summed E-state index contributed by atoms with van der Waals surface area (Å²) in [5.74, 6) is 1.74. The van der Waals surface area contributed by atoms with Crippen molar-refractivity contribution in [2.75, 3.05) is 27.1 Å². The molecule has 1 saturated heterocycles. The first kappa shape index (κ1) is 27.8. The average Bonchev–Trinajstić information content (AvgIpc) is 3.47. The molecule has 4 atom stereocenters. The Morgan fingerprint density at radius 1 is 1.25 bits per heavy atom. The van der Waals surface area contributed by atoms with Crippen molar-refractivity contribution in [1.29, 1.82) is 0 Å². The summed E-state index contributed by atoms with van der Waals surface area (Å²) in [5.41, 5.74) is -0.980. The lowest BCUT2D eigenvalue weighted by molar-refractivity contribution is -0.106. The van der Waals surface area contributed by atoms with Gasteiger partial charge in [0.25, 0.3) is 5.56 Å². The van der Waals surface area contributed by atoms with Crippen LogP contribution in [-0.4, -0.2) is 55.1 Å². The van der Waals surface area contributed by atoms with Crippen molar-refractivity contribution in [1.82, 2.24) is 14.6 Å². The van der Waals surface area contributed by atoms with Crippen LogP contribution in [0.3, 0.4) is 0 Å². The molecule has 13 heteroatoms. The second kappa shape index (κ2) is 13.5. The van der Waals surface area contributed by atoms with Gasteiger partial charge in [0.2, 0.25) is 6.79 Å². The highest BCUT2D eigenvalue weighted by Gasteiger charge is 2.35. The molecule has 12 nitrogen and oxygen atoms in total. The highest BCUT2D eigenvalue weighted by Crippen LogP contribution is 2.42. The van der Waals surface area contributed by atoms with Crippen LogP contribution in [0.25, 0.3) is 0 Å². The molecular formula is C23H32N3O9P. The summed E-state index contributed by atoms with van der Waals surface area (Å²) in [7, 11) is 0.0665. The van der Waals surface area contributed by atoms with Crippen molar-refractivity contribution >= 4 is 14.8 Å². The van der Waals surface area contributed by atoms with Gasteiger partial charge in [-0.3, -0.25) is 14.3 Å². The van der Waals surface area contributed by atoms with Gasteiger partial charge in [-0.1, -0.05) is 6.92 Å². The van der Waals surface area contributed by atoms with E-state index in [1.165, 1.54) is 16.8 Å². The van der Waals surface area contributed by atoms with E-state index >= 15 is 0 Å². The number of hydrogen-bond acceptors (Lipinski definition) is 10. The standard InChI is InChI=1S/C19H22N3O8P.C4H10O/c1-12-8-14(29-18(12)22-6-4-17(24)21-19(22)25)10-28-31(20-5-7-23)30-13-2-3-15-16(9-13)27-11-26-15;1-4(2)5-3/h2-4,6-7,9,12,14,18,20H,5,8,10-11H2,1H3,(H,21,24,25);4H,1-3H3. The Morgan fingerprint density at radius 2 is 2.00 bits per heavy atom. The molecule has 2 aliphatic rings. The molecule has 0 spiro atoms.